The number of carbonyl (C=O) groups is 2. The summed E-state index contributed by atoms with van der Waals surface area (Å²) in [6.45, 7) is 8.84. The smallest absolute Gasteiger partial charge is 0.410 e. The Bertz CT molecular complexity index is 1300. The normalized spacial score (nSPS) is 25.1. The Labute approximate surface area is 253 Å². The molecule has 3 aliphatic heterocycles. The minimum atomic E-state index is -0.551. The van der Waals surface area contributed by atoms with Gasteiger partial charge in [0.25, 0.3) is 0 Å². The second-order valence-electron chi connectivity index (χ2n) is 13.7. The highest BCUT2D eigenvalue weighted by atomic mass is 16.6. The summed E-state index contributed by atoms with van der Waals surface area (Å²) in [5, 5.41) is 7.09. The predicted octanol–water partition coefficient (Wildman–Crippen LogP) is 4.55. The average molecular weight is 599 g/mol. The van der Waals surface area contributed by atoms with Crippen molar-refractivity contribution in [3.8, 4) is 0 Å². The van der Waals surface area contributed by atoms with Crippen LogP contribution in [-0.2, 0) is 14.2 Å². The molecule has 4 aliphatic rings. The molecule has 13 nitrogen and oxygen atoms in total. The van der Waals surface area contributed by atoms with Crippen LogP contribution in [0, 0.1) is 0 Å². The molecule has 6 rings (SSSR count). The van der Waals surface area contributed by atoms with E-state index in [0.717, 1.165) is 55.5 Å². The molecule has 1 saturated carbocycles. The van der Waals surface area contributed by atoms with Gasteiger partial charge in [0.2, 0.25) is 5.95 Å². The summed E-state index contributed by atoms with van der Waals surface area (Å²) >= 11 is 0. The van der Waals surface area contributed by atoms with Crippen molar-refractivity contribution in [1.29, 1.82) is 0 Å². The first kappa shape index (κ1) is 29.7. The lowest BCUT2D eigenvalue weighted by Gasteiger charge is -2.42. The SMILES string of the molecule is COC[C@@H](C)Nc1nc(NC2CC3CCC(C2)N3C(=O)OC2CN(C(=O)OC(C)(C)C)C2)c2ncn(C3CCCC3)c2n1. The third kappa shape index (κ3) is 6.46. The van der Waals surface area contributed by atoms with E-state index in [9.17, 15) is 9.59 Å². The highest BCUT2D eigenvalue weighted by molar-refractivity contribution is 5.84. The number of nitrogens with zero attached hydrogens (tertiary/aromatic N) is 6. The molecule has 3 saturated heterocycles. The van der Waals surface area contributed by atoms with Crippen LogP contribution in [-0.4, -0.2) is 104 Å². The summed E-state index contributed by atoms with van der Waals surface area (Å²) in [6.07, 6.45) is 9.19. The van der Waals surface area contributed by atoms with Gasteiger partial charge in [0.1, 0.15) is 11.7 Å². The number of nitrogens with one attached hydrogen (secondary N) is 2. The fraction of sp³-hybridized carbons (Fsp3) is 0.767. The number of carbonyl (C=O) groups excluding carboxylic acids is 2. The van der Waals surface area contributed by atoms with Gasteiger partial charge in [-0.1, -0.05) is 12.8 Å². The molecule has 0 radical (unpaired) electrons. The molecule has 236 valence electrons. The van der Waals surface area contributed by atoms with Crippen molar-refractivity contribution >= 4 is 35.1 Å². The van der Waals surface area contributed by atoms with E-state index in [1.165, 1.54) is 12.8 Å². The molecule has 2 unspecified atom stereocenters. The molecule has 13 heteroatoms. The molecule has 0 aromatic carbocycles. The van der Waals surface area contributed by atoms with Crippen molar-refractivity contribution < 1.29 is 23.8 Å². The number of imidazole rings is 1. The summed E-state index contributed by atoms with van der Waals surface area (Å²) in [6, 6.07) is 0.799. The van der Waals surface area contributed by atoms with Crippen molar-refractivity contribution in [3.05, 3.63) is 6.33 Å². The minimum Gasteiger partial charge on any atom is -0.444 e. The molecule has 3 atom stereocenters. The Hall–Kier alpha value is -3.35. The first-order chi connectivity index (χ1) is 20.6. The molecular formula is C30H46N8O5. The number of hydrogen-bond acceptors (Lipinski definition) is 10. The van der Waals surface area contributed by atoms with E-state index in [1.807, 2.05) is 38.9 Å². The first-order valence-electron chi connectivity index (χ1n) is 15.8. The van der Waals surface area contributed by atoms with Crippen LogP contribution in [0.1, 0.15) is 85.1 Å². The van der Waals surface area contributed by atoms with Gasteiger partial charge in [0.15, 0.2) is 17.0 Å². The van der Waals surface area contributed by atoms with E-state index >= 15 is 0 Å². The number of amides is 2. The fourth-order valence-electron chi connectivity index (χ4n) is 7.02. The predicted molar refractivity (Wildman–Crippen MR) is 161 cm³/mol. The molecule has 2 bridgehead atoms. The number of anilines is 2. The Morgan fingerprint density at radius 3 is 2.37 bits per heavy atom. The first-order valence-corrected chi connectivity index (χ1v) is 15.8. The van der Waals surface area contributed by atoms with Crippen molar-refractivity contribution in [2.24, 2.45) is 0 Å². The third-order valence-electron chi connectivity index (χ3n) is 8.98. The zero-order valence-electron chi connectivity index (χ0n) is 26.0. The molecule has 5 heterocycles. The second-order valence-corrected chi connectivity index (χ2v) is 13.7. The van der Waals surface area contributed by atoms with Gasteiger partial charge in [0.05, 0.1) is 26.0 Å². The second kappa shape index (κ2) is 12.0. The molecule has 2 amide bonds. The number of rotatable bonds is 8. The fourth-order valence-corrected chi connectivity index (χ4v) is 7.02. The van der Waals surface area contributed by atoms with Crippen LogP contribution in [0.2, 0.25) is 0 Å². The van der Waals surface area contributed by atoms with Crippen LogP contribution in [0.25, 0.3) is 11.2 Å². The van der Waals surface area contributed by atoms with Crippen LogP contribution in [0.3, 0.4) is 0 Å². The van der Waals surface area contributed by atoms with Gasteiger partial charge in [0, 0.05) is 37.3 Å². The molecule has 43 heavy (non-hydrogen) atoms. The number of fused-ring (bicyclic) bond motifs is 3. The van der Waals surface area contributed by atoms with E-state index in [0.29, 0.717) is 31.7 Å². The summed E-state index contributed by atoms with van der Waals surface area (Å²) < 4.78 is 18.8. The number of aromatic nitrogens is 4. The number of likely N-dealkylation sites (tertiary alicyclic amines) is 1. The Morgan fingerprint density at radius 2 is 1.72 bits per heavy atom. The van der Waals surface area contributed by atoms with Crippen LogP contribution in [0.15, 0.2) is 6.33 Å². The highest BCUT2D eigenvalue weighted by Crippen LogP contribution is 2.39. The Kier molecular flexibility index (Phi) is 8.27. The summed E-state index contributed by atoms with van der Waals surface area (Å²) in [5.41, 5.74) is 1.08. The Morgan fingerprint density at radius 1 is 1.02 bits per heavy atom. The van der Waals surface area contributed by atoms with E-state index in [4.69, 9.17) is 29.2 Å². The van der Waals surface area contributed by atoms with Crippen LogP contribution in [0.5, 0.6) is 0 Å². The molecule has 2 aromatic heterocycles. The monoisotopic (exact) mass is 598 g/mol. The summed E-state index contributed by atoms with van der Waals surface area (Å²) in [7, 11) is 1.69. The van der Waals surface area contributed by atoms with Gasteiger partial charge in [-0.25, -0.2) is 14.6 Å². The van der Waals surface area contributed by atoms with Crippen molar-refractivity contribution in [3.63, 3.8) is 0 Å². The van der Waals surface area contributed by atoms with Crippen LogP contribution >= 0.6 is 0 Å². The molecule has 4 fully saturated rings. The number of piperidine rings is 1. The van der Waals surface area contributed by atoms with E-state index in [1.54, 1.807) is 12.0 Å². The largest absolute Gasteiger partial charge is 0.444 e. The minimum absolute atomic E-state index is 0.0510. The van der Waals surface area contributed by atoms with E-state index in [-0.39, 0.29) is 42.5 Å². The van der Waals surface area contributed by atoms with E-state index in [2.05, 4.69) is 15.2 Å². The van der Waals surface area contributed by atoms with Crippen molar-refractivity contribution in [2.45, 2.75) is 121 Å². The Balaban J connectivity index is 1.11. The lowest BCUT2D eigenvalue weighted by Crippen LogP contribution is -2.58. The van der Waals surface area contributed by atoms with Gasteiger partial charge in [-0.3, -0.25) is 0 Å². The summed E-state index contributed by atoms with van der Waals surface area (Å²) in [5.74, 6) is 1.29. The van der Waals surface area contributed by atoms with Gasteiger partial charge < -0.3 is 39.2 Å². The topological polar surface area (TPSA) is 136 Å². The number of ether oxygens (including phenoxy) is 3. The third-order valence-corrected chi connectivity index (χ3v) is 8.98. The number of hydrogen-bond donors (Lipinski definition) is 2. The standard InChI is InChI=1S/C30H46N8O5/c1-18(16-41-5)32-27-34-25(24-26(35-27)37(17-31-24)20-8-6-7-9-20)33-19-12-21-10-11-22(13-19)38(21)29(40)42-23-14-36(15-23)28(39)43-30(2,3)4/h17-23H,6-16H2,1-5H3,(H2,32,33,34,35)/t18-,19?,21?,22?/m1/s1. The van der Waals surface area contributed by atoms with E-state index < -0.39 is 5.60 Å². The molecule has 0 spiro atoms. The zero-order chi connectivity index (χ0) is 30.3. The quantitative estimate of drug-likeness (QED) is 0.445. The van der Waals surface area contributed by atoms with Gasteiger partial charge >= 0.3 is 12.2 Å². The van der Waals surface area contributed by atoms with Crippen LogP contribution < -0.4 is 10.6 Å². The molecule has 2 N–H and O–H groups in total. The maximum absolute atomic E-state index is 13.2. The molecule has 1 aliphatic carbocycles. The van der Waals surface area contributed by atoms with Crippen molar-refractivity contribution in [1.82, 2.24) is 29.3 Å². The van der Waals surface area contributed by atoms with Crippen molar-refractivity contribution in [2.75, 3.05) is 37.4 Å². The van der Waals surface area contributed by atoms with Gasteiger partial charge in [-0.2, -0.15) is 9.97 Å². The summed E-state index contributed by atoms with van der Waals surface area (Å²) in [4.78, 5) is 43.5. The lowest BCUT2D eigenvalue weighted by molar-refractivity contribution is -0.0485. The van der Waals surface area contributed by atoms with Gasteiger partial charge in [-0.05, 0) is 66.2 Å². The van der Waals surface area contributed by atoms with Gasteiger partial charge in [-0.15, -0.1) is 0 Å². The van der Waals surface area contributed by atoms with Crippen LogP contribution in [0.4, 0.5) is 21.4 Å². The average Bonchev–Trinajstić information content (AvgIpc) is 3.63. The maximum Gasteiger partial charge on any atom is 0.410 e. The lowest BCUT2D eigenvalue weighted by atomic mass is 9.97. The zero-order valence-corrected chi connectivity index (χ0v) is 26.0. The molecule has 2 aromatic rings. The highest BCUT2D eigenvalue weighted by Gasteiger charge is 2.46. The maximum atomic E-state index is 13.2. The molecular weight excluding hydrogens is 552 g/mol. The number of methoxy groups -OCH3 is 1.